The van der Waals surface area contributed by atoms with E-state index in [1.807, 2.05) is 0 Å². The molecule has 0 atom stereocenters. The normalized spacial score (nSPS) is 9.29. The average molecular weight is 102 g/mol. The van der Waals surface area contributed by atoms with E-state index in [9.17, 15) is 9.18 Å². The molecule has 0 saturated heterocycles. The Labute approximate surface area is 41.0 Å². The summed E-state index contributed by atoms with van der Waals surface area (Å²) in [5.41, 5.74) is 0. The molecule has 0 spiro atoms. The van der Waals surface area contributed by atoms with E-state index in [1.165, 1.54) is 12.5 Å². The zero-order valence-corrected chi connectivity index (χ0v) is 3.65. The summed E-state index contributed by atoms with van der Waals surface area (Å²) < 4.78 is 11.0. The van der Waals surface area contributed by atoms with Crippen LogP contribution in [0.3, 0.4) is 0 Å². The van der Waals surface area contributed by atoms with Gasteiger partial charge in [0.1, 0.15) is 0 Å². The Hall–Kier alpha value is -0.860. The van der Waals surface area contributed by atoms with Crippen molar-refractivity contribution in [1.29, 1.82) is 0 Å². The molecule has 0 aliphatic rings. The lowest BCUT2D eigenvalue weighted by Crippen LogP contribution is -2.08. The van der Waals surface area contributed by atoms with Crippen LogP contribution < -0.4 is 5.32 Å². The fourth-order valence-corrected chi connectivity index (χ4v) is 0.145. The van der Waals surface area contributed by atoms with E-state index in [0.29, 0.717) is 6.33 Å². The maximum atomic E-state index is 11.0. The van der Waals surface area contributed by atoms with Gasteiger partial charge < -0.3 is 5.32 Å². The first-order chi connectivity index (χ1) is 3.41. The van der Waals surface area contributed by atoms with Crippen LogP contribution in [0, 0.1) is 0 Å². The topological polar surface area (TPSA) is 29.1 Å². The molecule has 39 valence electrons. The Morgan fingerprint density at radius 1 is 1.86 bits per heavy atom. The van der Waals surface area contributed by atoms with Crippen LogP contribution in [-0.2, 0) is 4.79 Å². The Bertz CT molecular complexity index is 72.1. The Morgan fingerprint density at radius 3 is 3.00 bits per heavy atom. The van der Waals surface area contributed by atoms with Crippen LogP contribution in [0.25, 0.3) is 0 Å². The van der Waals surface area contributed by atoms with Gasteiger partial charge in [0.05, 0.1) is 6.33 Å². The Balaban J connectivity index is 2.82. The van der Waals surface area contributed by atoms with E-state index in [0.717, 1.165) is 0 Å². The second kappa shape index (κ2) is 5.14. The van der Waals surface area contributed by atoms with Crippen molar-refractivity contribution in [2.45, 2.75) is 0 Å². The van der Waals surface area contributed by atoms with Gasteiger partial charge in [-0.3, -0.25) is 4.79 Å². The molecule has 0 heterocycles. The van der Waals surface area contributed by atoms with Gasteiger partial charge in [-0.25, -0.2) is 4.39 Å². The number of amides is 1. The van der Waals surface area contributed by atoms with Crippen LogP contribution >= 0.6 is 0 Å². The standard InChI is InChI=1S/C4H5FNO/c5-2-1-3-6-4-7/h1-2H,3H2,(H,6,7)/b2-1+. The van der Waals surface area contributed by atoms with Crippen molar-refractivity contribution in [3.63, 3.8) is 0 Å². The molecular weight excluding hydrogens is 97.0 g/mol. The van der Waals surface area contributed by atoms with Crippen molar-refractivity contribution in [2.75, 3.05) is 6.54 Å². The molecule has 0 aliphatic heterocycles. The average Bonchev–Trinajstić information content (AvgIpc) is 1.69. The maximum Gasteiger partial charge on any atom is 0.309 e. The highest BCUT2D eigenvalue weighted by Gasteiger charge is 1.70. The fraction of sp³-hybridized carbons (Fsp3) is 0.250. The van der Waals surface area contributed by atoms with Crippen molar-refractivity contribution in [3.8, 4) is 0 Å². The Morgan fingerprint density at radius 2 is 2.57 bits per heavy atom. The van der Waals surface area contributed by atoms with Crippen LogP contribution in [-0.4, -0.2) is 13.0 Å². The molecule has 0 fully saturated rings. The first kappa shape index (κ1) is 6.14. The molecule has 0 aromatic carbocycles. The number of carbonyl (C=O) groups excluding carboxylic acids is 1. The highest BCUT2D eigenvalue weighted by atomic mass is 19.1. The number of halogens is 1. The predicted molar refractivity (Wildman–Crippen MR) is 23.9 cm³/mol. The van der Waals surface area contributed by atoms with Gasteiger partial charge in [0.2, 0.25) is 0 Å². The van der Waals surface area contributed by atoms with Crippen LogP contribution in [0.15, 0.2) is 12.4 Å². The number of hydrogen-bond donors (Lipinski definition) is 1. The van der Waals surface area contributed by atoms with E-state index >= 15 is 0 Å². The van der Waals surface area contributed by atoms with Gasteiger partial charge in [-0.1, -0.05) is 0 Å². The summed E-state index contributed by atoms with van der Waals surface area (Å²) in [7, 11) is 0. The monoisotopic (exact) mass is 102 g/mol. The summed E-state index contributed by atoms with van der Waals surface area (Å²) in [6.07, 6.45) is 2.92. The van der Waals surface area contributed by atoms with E-state index < -0.39 is 0 Å². The molecule has 0 aliphatic carbocycles. The van der Waals surface area contributed by atoms with Gasteiger partial charge in [-0.05, 0) is 6.08 Å². The SMILES string of the molecule is O=[C]NC/C=C/F. The Kier molecular flexibility index (Phi) is 4.51. The summed E-state index contributed by atoms with van der Waals surface area (Å²) in [4.78, 5) is 9.29. The third kappa shape index (κ3) is 5.14. The number of nitrogens with one attached hydrogen (secondary N) is 1. The third-order valence-corrected chi connectivity index (χ3v) is 0.381. The van der Waals surface area contributed by atoms with Gasteiger partial charge in [-0.2, -0.15) is 0 Å². The van der Waals surface area contributed by atoms with Crippen molar-refractivity contribution in [2.24, 2.45) is 0 Å². The van der Waals surface area contributed by atoms with Crippen LogP contribution in [0.1, 0.15) is 0 Å². The van der Waals surface area contributed by atoms with Crippen molar-refractivity contribution in [3.05, 3.63) is 12.4 Å². The van der Waals surface area contributed by atoms with Crippen molar-refractivity contribution >= 4 is 6.41 Å². The smallest absolute Gasteiger partial charge is 0.309 e. The zero-order valence-electron chi connectivity index (χ0n) is 3.65. The summed E-state index contributed by atoms with van der Waals surface area (Å²) in [6, 6.07) is 0. The molecule has 7 heavy (non-hydrogen) atoms. The summed E-state index contributed by atoms with van der Waals surface area (Å²) in [6.45, 7) is 0.208. The molecule has 1 radical (unpaired) electrons. The highest BCUT2D eigenvalue weighted by molar-refractivity contribution is 5.47. The second-order valence-corrected chi connectivity index (χ2v) is 0.845. The van der Waals surface area contributed by atoms with Gasteiger partial charge in [0.15, 0.2) is 0 Å². The van der Waals surface area contributed by atoms with Crippen LogP contribution in [0.4, 0.5) is 4.39 Å². The molecule has 0 bridgehead atoms. The minimum atomic E-state index is 0.208. The van der Waals surface area contributed by atoms with E-state index in [-0.39, 0.29) is 6.54 Å². The van der Waals surface area contributed by atoms with Crippen LogP contribution in [0.5, 0.6) is 0 Å². The van der Waals surface area contributed by atoms with Gasteiger partial charge in [-0.15, -0.1) is 0 Å². The summed E-state index contributed by atoms with van der Waals surface area (Å²) >= 11 is 0. The minimum absolute atomic E-state index is 0.208. The maximum absolute atomic E-state index is 11.0. The summed E-state index contributed by atoms with van der Waals surface area (Å²) in [5, 5.41) is 2.12. The highest BCUT2D eigenvalue weighted by Crippen LogP contribution is 1.66. The molecule has 0 aromatic rings. The van der Waals surface area contributed by atoms with Crippen molar-refractivity contribution < 1.29 is 9.18 Å². The number of rotatable bonds is 3. The van der Waals surface area contributed by atoms with E-state index in [1.54, 1.807) is 0 Å². The first-order valence-electron chi connectivity index (χ1n) is 1.77. The molecule has 0 unspecified atom stereocenters. The zero-order chi connectivity index (χ0) is 5.54. The van der Waals surface area contributed by atoms with Gasteiger partial charge in [0, 0.05) is 6.54 Å². The molecule has 1 N–H and O–H groups in total. The lowest BCUT2D eigenvalue weighted by Gasteiger charge is -1.80. The van der Waals surface area contributed by atoms with E-state index in [2.05, 4.69) is 5.32 Å². The second-order valence-electron chi connectivity index (χ2n) is 0.845. The molecule has 0 aromatic heterocycles. The van der Waals surface area contributed by atoms with Gasteiger partial charge >= 0.3 is 6.41 Å². The number of hydrogen-bond acceptors (Lipinski definition) is 1. The molecule has 2 nitrogen and oxygen atoms in total. The molecule has 0 saturated carbocycles. The molecule has 0 rings (SSSR count). The predicted octanol–water partition coefficient (Wildman–Crippen LogP) is 0.126. The first-order valence-corrected chi connectivity index (χ1v) is 1.77. The molecule has 1 amide bonds. The van der Waals surface area contributed by atoms with E-state index in [4.69, 9.17) is 0 Å². The quantitative estimate of drug-likeness (QED) is 0.398. The fourth-order valence-electron chi connectivity index (χ4n) is 0.145. The van der Waals surface area contributed by atoms with Crippen LogP contribution in [0.2, 0.25) is 0 Å². The lowest BCUT2D eigenvalue weighted by atomic mass is 10.6. The summed E-state index contributed by atoms with van der Waals surface area (Å²) in [5.74, 6) is 0. The molecular formula is C4H5FNO. The van der Waals surface area contributed by atoms with Crippen molar-refractivity contribution in [1.82, 2.24) is 5.32 Å². The minimum Gasteiger partial charge on any atom is -0.344 e. The molecule has 3 heteroatoms. The largest absolute Gasteiger partial charge is 0.344 e. The third-order valence-electron chi connectivity index (χ3n) is 0.381. The lowest BCUT2D eigenvalue weighted by molar-refractivity contribution is 0.545. The van der Waals surface area contributed by atoms with Gasteiger partial charge in [0.25, 0.3) is 0 Å².